The number of nitrogens with zero attached hydrogens (tertiary/aromatic N) is 2. The Morgan fingerprint density at radius 3 is 2.52 bits per heavy atom. The molecule has 11 heteroatoms. The van der Waals surface area contributed by atoms with Crippen LogP contribution in [0.2, 0.25) is 10.0 Å². The zero-order chi connectivity index (χ0) is 21.2. The van der Waals surface area contributed by atoms with Gasteiger partial charge in [-0.3, -0.25) is 9.71 Å². The second-order valence-corrected chi connectivity index (χ2v) is 8.46. The number of benzene rings is 2. The molecule has 6 nitrogen and oxygen atoms in total. The molecule has 2 aromatic carbocycles. The molecule has 0 saturated carbocycles. The number of anilines is 2. The van der Waals surface area contributed by atoms with Gasteiger partial charge in [0.2, 0.25) is 0 Å². The Balaban J connectivity index is 1.88. The fourth-order valence-corrected chi connectivity index (χ4v) is 4.19. The largest absolute Gasteiger partial charge is 0.377 e. The van der Waals surface area contributed by atoms with Crippen LogP contribution in [0.5, 0.6) is 0 Å². The predicted molar refractivity (Wildman–Crippen MR) is 108 cm³/mol. The van der Waals surface area contributed by atoms with Gasteiger partial charge in [0.05, 0.1) is 22.9 Å². The Bertz CT molecular complexity index is 1150. The highest BCUT2D eigenvalue weighted by atomic mass is 35.5. The van der Waals surface area contributed by atoms with Gasteiger partial charge in [-0.25, -0.2) is 22.2 Å². The van der Waals surface area contributed by atoms with Crippen LogP contribution in [0.3, 0.4) is 0 Å². The molecular weight excluding hydrogens is 445 g/mol. The summed E-state index contributed by atoms with van der Waals surface area (Å²) < 4.78 is 55.1. The summed E-state index contributed by atoms with van der Waals surface area (Å²) >= 11 is 12.2. The zero-order valence-corrected chi connectivity index (χ0v) is 17.2. The van der Waals surface area contributed by atoms with Crippen molar-refractivity contribution in [3.8, 4) is 0 Å². The van der Waals surface area contributed by atoms with Crippen LogP contribution in [-0.4, -0.2) is 18.4 Å². The first-order valence-electron chi connectivity index (χ1n) is 8.17. The first-order valence-corrected chi connectivity index (χ1v) is 10.4. The van der Waals surface area contributed by atoms with Gasteiger partial charge in [0.25, 0.3) is 10.0 Å². The van der Waals surface area contributed by atoms with Crippen LogP contribution in [0.25, 0.3) is 0 Å². The van der Waals surface area contributed by atoms with E-state index >= 15 is 0 Å². The van der Waals surface area contributed by atoms with Crippen molar-refractivity contribution in [2.24, 2.45) is 0 Å². The quantitative estimate of drug-likeness (QED) is 0.540. The molecule has 0 radical (unpaired) electrons. The number of hydrogen-bond donors (Lipinski definition) is 2. The predicted octanol–water partition coefficient (Wildman–Crippen LogP) is 5.04. The van der Waals surface area contributed by atoms with E-state index in [1.165, 1.54) is 36.8 Å². The highest BCUT2D eigenvalue weighted by molar-refractivity contribution is 7.92. The van der Waals surface area contributed by atoms with Gasteiger partial charge in [0, 0.05) is 17.4 Å². The van der Waals surface area contributed by atoms with Gasteiger partial charge in [-0.1, -0.05) is 23.2 Å². The van der Waals surface area contributed by atoms with Crippen molar-refractivity contribution in [2.45, 2.75) is 17.9 Å². The first kappa shape index (κ1) is 21.2. The Morgan fingerprint density at radius 2 is 1.83 bits per heavy atom. The molecule has 152 valence electrons. The van der Waals surface area contributed by atoms with Gasteiger partial charge in [-0.05, 0) is 42.8 Å². The maximum atomic E-state index is 14.6. The lowest BCUT2D eigenvalue weighted by Gasteiger charge is -2.19. The number of hydrogen-bond acceptors (Lipinski definition) is 5. The molecule has 0 aliphatic carbocycles. The van der Waals surface area contributed by atoms with Crippen molar-refractivity contribution in [3.05, 3.63) is 76.2 Å². The molecule has 2 N–H and O–H groups in total. The van der Waals surface area contributed by atoms with Crippen LogP contribution in [0.15, 0.2) is 53.8 Å². The number of halogens is 4. The number of aromatic nitrogens is 2. The van der Waals surface area contributed by atoms with E-state index in [4.69, 9.17) is 23.2 Å². The zero-order valence-electron chi connectivity index (χ0n) is 14.8. The maximum absolute atomic E-state index is 14.6. The van der Waals surface area contributed by atoms with E-state index in [0.29, 0.717) is 10.6 Å². The fourth-order valence-electron chi connectivity index (χ4n) is 2.55. The summed E-state index contributed by atoms with van der Waals surface area (Å²) in [5.74, 6) is -1.59. The molecule has 1 atom stereocenters. The molecule has 0 aliphatic heterocycles. The minimum Gasteiger partial charge on any atom is -0.377 e. The lowest BCUT2D eigenvalue weighted by atomic mass is 10.1. The SMILES string of the molecule is C[C@H](Nc1cc(F)c(S(=O)(=O)Nc2cnccn2)cc1Cl)c1cc(F)ccc1Cl. The number of rotatable bonds is 6. The minimum atomic E-state index is -4.29. The maximum Gasteiger partial charge on any atom is 0.266 e. The molecule has 3 rings (SSSR count). The van der Waals surface area contributed by atoms with E-state index < -0.39 is 32.6 Å². The highest BCUT2D eigenvalue weighted by Gasteiger charge is 2.23. The van der Waals surface area contributed by atoms with Gasteiger partial charge in [0.15, 0.2) is 5.82 Å². The van der Waals surface area contributed by atoms with Gasteiger partial charge in [-0.15, -0.1) is 0 Å². The van der Waals surface area contributed by atoms with Crippen molar-refractivity contribution in [2.75, 3.05) is 10.0 Å². The second kappa shape index (κ2) is 8.48. The topological polar surface area (TPSA) is 84.0 Å². The van der Waals surface area contributed by atoms with Crippen LogP contribution in [0.4, 0.5) is 20.3 Å². The van der Waals surface area contributed by atoms with Crippen LogP contribution in [0, 0.1) is 11.6 Å². The summed E-state index contributed by atoms with van der Waals surface area (Å²) in [5, 5.41) is 3.17. The summed E-state index contributed by atoms with van der Waals surface area (Å²) in [5.41, 5.74) is 0.555. The van der Waals surface area contributed by atoms with Gasteiger partial charge in [0.1, 0.15) is 16.5 Å². The van der Waals surface area contributed by atoms with E-state index in [9.17, 15) is 17.2 Å². The van der Waals surface area contributed by atoms with Crippen LogP contribution in [-0.2, 0) is 10.0 Å². The first-order chi connectivity index (χ1) is 13.7. The second-order valence-electron chi connectivity index (χ2n) is 5.99. The smallest absolute Gasteiger partial charge is 0.266 e. The highest BCUT2D eigenvalue weighted by Crippen LogP contribution is 2.33. The van der Waals surface area contributed by atoms with E-state index in [1.807, 2.05) is 0 Å². The third-order valence-electron chi connectivity index (χ3n) is 3.91. The van der Waals surface area contributed by atoms with E-state index in [1.54, 1.807) is 6.92 Å². The Morgan fingerprint density at radius 1 is 1.07 bits per heavy atom. The van der Waals surface area contributed by atoms with Crippen molar-refractivity contribution < 1.29 is 17.2 Å². The standard InChI is InChI=1S/C18H14Cl2F2N4O2S/c1-10(12-6-11(21)2-3-13(12)19)25-16-8-15(22)17(7-14(16)20)29(27,28)26-18-9-23-4-5-24-18/h2-10,25H,1H3,(H,24,26)/t10-/m0/s1. The summed E-state index contributed by atoms with van der Waals surface area (Å²) in [6.45, 7) is 1.68. The van der Waals surface area contributed by atoms with Crippen molar-refractivity contribution in [1.82, 2.24) is 9.97 Å². The van der Waals surface area contributed by atoms with Crippen LogP contribution >= 0.6 is 23.2 Å². The summed E-state index contributed by atoms with van der Waals surface area (Å²) in [7, 11) is -4.29. The lowest BCUT2D eigenvalue weighted by molar-refractivity contribution is 0.570. The van der Waals surface area contributed by atoms with Gasteiger partial charge < -0.3 is 5.32 Å². The van der Waals surface area contributed by atoms with Crippen molar-refractivity contribution in [3.63, 3.8) is 0 Å². The molecule has 0 bridgehead atoms. The normalized spacial score (nSPS) is 12.4. The average Bonchev–Trinajstić information content (AvgIpc) is 2.66. The van der Waals surface area contributed by atoms with Gasteiger partial charge in [-0.2, -0.15) is 0 Å². The summed E-state index contributed by atoms with van der Waals surface area (Å²) in [4.78, 5) is 6.86. The van der Waals surface area contributed by atoms with Gasteiger partial charge >= 0.3 is 0 Å². The summed E-state index contributed by atoms with van der Waals surface area (Å²) in [6.07, 6.45) is 3.83. The molecule has 1 heterocycles. The Hall–Kier alpha value is -2.49. The lowest BCUT2D eigenvalue weighted by Crippen LogP contribution is -2.16. The third-order valence-corrected chi connectivity index (χ3v) is 5.94. The number of nitrogens with one attached hydrogen (secondary N) is 2. The molecule has 0 saturated heterocycles. The molecule has 0 fully saturated rings. The van der Waals surface area contributed by atoms with Crippen LogP contribution < -0.4 is 10.0 Å². The Labute approximate surface area is 176 Å². The molecule has 1 aromatic heterocycles. The Kier molecular flexibility index (Phi) is 6.21. The van der Waals surface area contributed by atoms with Crippen LogP contribution in [0.1, 0.15) is 18.5 Å². The van der Waals surface area contributed by atoms with E-state index in [0.717, 1.165) is 12.1 Å². The molecule has 29 heavy (non-hydrogen) atoms. The molecule has 0 spiro atoms. The fraction of sp³-hybridized carbons (Fsp3) is 0.111. The minimum absolute atomic E-state index is 0.0507. The van der Waals surface area contributed by atoms with Crippen molar-refractivity contribution in [1.29, 1.82) is 0 Å². The molecular formula is C18H14Cl2F2N4O2S. The third kappa shape index (κ3) is 4.92. The monoisotopic (exact) mass is 458 g/mol. The van der Waals surface area contributed by atoms with E-state index in [-0.39, 0.29) is 16.5 Å². The molecule has 0 unspecified atom stereocenters. The number of sulfonamides is 1. The van der Waals surface area contributed by atoms with Crippen molar-refractivity contribution >= 4 is 44.7 Å². The molecule has 3 aromatic rings. The molecule has 0 amide bonds. The summed E-state index contributed by atoms with van der Waals surface area (Å²) in [6, 6.07) is 5.24. The average molecular weight is 459 g/mol. The van der Waals surface area contributed by atoms with E-state index in [2.05, 4.69) is 20.0 Å². The molecule has 0 aliphatic rings.